The number of hydrogen-bond acceptors (Lipinski definition) is 7. The highest BCUT2D eigenvalue weighted by Crippen LogP contribution is 2.30. The van der Waals surface area contributed by atoms with Crippen LogP contribution in [-0.2, 0) is 14.8 Å². The first kappa shape index (κ1) is 23.6. The highest BCUT2D eigenvalue weighted by Gasteiger charge is 2.29. The minimum Gasteiger partial charge on any atom is -0.324 e. The number of nitro groups is 2. The number of benzene rings is 3. The van der Waals surface area contributed by atoms with E-state index in [-0.39, 0.29) is 22.1 Å². The van der Waals surface area contributed by atoms with E-state index in [1.165, 1.54) is 30.3 Å². The van der Waals surface area contributed by atoms with Crippen LogP contribution in [0.4, 0.5) is 22.7 Å². The number of carbonyl (C=O) groups excluding carboxylic acids is 1. The predicted octanol–water partition coefficient (Wildman–Crippen LogP) is 3.99. The van der Waals surface area contributed by atoms with Crippen molar-refractivity contribution in [2.45, 2.75) is 4.90 Å². The highest BCUT2D eigenvalue weighted by molar-refractivity contribution is 7.92. The van der Waals surface area contributed by atoms with E-state index in [9.17, 15) is 33.4 Å². The van der Waals surface area contributed by atoms with E-state index in [2.05, 4.69) is 5.32 Å². The standard InChI is InChI=1S/C20H15ClN4O7S/c21-18-10-9-17(12-19(18)25(29)30)33(31,32)23(15-6-2-1-3-7-15)13-20(26)22-14-5-4-8-16(11-14)24(27)28/h1-12H,13H2,(H,22,26). The fourth-order valence-corrected chi connectivity index (χ4v) is 4.49. The van der Waals surface area contributed by atoms with E-state index in [1.807, 2.05) is 0 Å². The molecule has 0 aliphatic rings. The van der Waals surface area contributed by atoms with E-state index in [1.54, 1.807) is 18.2 Å². The molecule has 0 bridgehead atoms. The molecule has 13 heteroatoms. The van der Waals surface area contributed by atoms with Gasteiger partial charge in [0.1, 0.15) is 11.6 Å². The van der Waals surface area contributed by atoms with E-state index in [0.29, 0.717) is 0 Å². The van der Waals surface area contributed by atoms with Gasteiger partial charge in [-0.25, -0.2) is 8.42 Å². The maximum atomic E-state index is 13.3. The van der Waals surface area contributed by atoms with Crippen molar-refractivity contribution in [3.05, 3.63) is 98.0 Å². The van der Waals surface area contributed by atoms with Gasteiger partial charge in [-0.3, -0.25) is 29.3 Å². The fraction of sp³-hybridized carbons (Fsp3) is 0.0500. The van der Waals surface area contributed by atoms with Gasteiger partial charge in [0, 0.05) is 23.9 Å². The van der Waals surface area contributed by atoms with Gasteiger partial charge in [-0.15, -0.1) is 0 Å². The highest BCUT2D eigenvalue weighted by atomic mass is 35.5. The summed E-state index contributed by atoms with van der Waals surface area (Å²) in [6.45, 7) is -0.703. The van der Waals surface area contributed by atoms with Gasteiger partial charge < -0.3 is 5.32 Å². The quantitative estimate of drug-likeness (QED) is 0.370. The van der Waals surface area contributed by atoms with E-state index in [0.717, 1.165) is 28.6 Å². The molecule has 3 aromatic rings. The number of hydrogen-bond donors (Lipinski definition) is 1. The Morgan fingerprint density at radius 2 is 1.64 bits per heavy atom. The van der Waals surface area contributed by atoms with Crippen LogP contribution in [0.1, 0.15) is 0 Å². The molecule has 0 atom stereocenters. The van der Waals surface area contributed by atoms with Crippen molar-refractivity contribution in [1.82, 2.24) is 0 Å². The Balaban J connectivity index is 1.97. The zero-order chi connectivity index (χ0) is 24.2. The second-order valence-corrected chi connectivity index (χ2v) is 8.84. The van der Waals surface area contributed by atoms with Crippen LogP contribution in [0, 0.1) is 20.2 Å². The smallest absolute Gasteiger partial charge is 0.289 e. The summed E-state index contributed by atoms with van der Waals surface area (Å²) in [4.78, 5) is 32.9. The molecule has 3 aromatic carbocycles. The van der Waals surface area contributed by atoms with Crippen molar-refractivity contribution in [1.29, 1.82) is 0 Å². The molecule has 0 radical (unpaired) electrons. The fourth-order valence-electron chi connectivity index (χ4n) is 2.86. The third kappa shape index (κ3) is 5.42. The average Bonchev–Trinajstić information content (AvgIpc) is 2.78. The zero-order valence-corrected chi connectivity index (χ0v) is 18.2. The van der Waals surface area contributed by atoms with Crippen molar-refractivity contribution in [2.24, 2.45) is 0 Å². The van der Waals surface area contributed by atoms with Gasteiger partial charge in [0.05, 0.1) is 20.4 Å². The molecule has 0 aliphatic heterocycles. The summed E-state index contributed by atoms with van der Waals surface area (Å²) in [7, 11) is -4.43. The molecule has 0 unspecified atom stereocenters. The van der Waals surface area contributed by atoms with Gasteiger partial charge in [-0.05, 0) is 30.3 Å². The Bertz CT molecular complexity index is 1330. The largest absolute Gasteiger partial charge is 0.324 e. The summed E-state index contributed by atoms with van der Waals surface area (Å²) in [5.41, 5.74) is -0.633. The number of nitrogens with one attached hydrogen (secondary N) is 1. The normalized spacial score (nSPS) is 10.9. The van der Waals surface area contributed by atoms with Gasteiger partial charge in [0.15, 0.2) is 0 Å². The molecule has 170 valence electrons. The molecule has 0 saturated heterocycles. The number of anilines is 2. The molecule has 0 heterocycles. The molecule has 0 spiro atoms. The number of nitro benzene ring substituents is 2. The van der Waals surface area contributed by atoms with Crippen molar-refractivity contribution < 1.29 is 23.1 Å². The number of amides is 1. The molecule has 0 fully saturated rings. The summed E-state index contributed by atoms with van der Waals surface area (Å²) in [5.74, 6) is -0.786. The van der Waals surface area contributed by atoms with Gasteiger partial charge in [-0.1, -0.05) is 35.9 Å². The third-order valence-electron chi connectivity index (χ3n) is 4.37. The lowest BCUT2D eigenvalue weighted by atomic mass is 10.3. The Morgan fingerprint density at radius 3 is 2.27 bits per heavy atom. The van der Waals surface area contributed by atoms with Crippen LogP contribution in [0.15, 0.2) is 77.7 Å². The Kier molecular flexibility index (Phi) is 6.89. The van der Waals surface area contributed by atoms with E-state index >= 15 is 0 Å². The van der Waals surface area contributed by atoms with E-state index in [4.69, 9.17) is 11.6 Å². The molecule has 1 N–H and O–H groups in total. The molecule has 11 nitrogen and oxygen atoms in total. The second-order valence-electron chi connectivity index (χ2n) is 6.57. The van der Waals surface area contributed by atoms with Crippen LogP contribution < -0.4 is 9.62 Å². The number of non-ortho nitro benzene ring substituents is 1. The summed E-state index contributed by atoms with van der Waals surface area (Å²) in [6, 6.07) is 15.8. The number of rotatable bonds is 8. The summed E-state index contributed by atoms with van der Waals surface area (Å²) < 4.78 is 27.5. The molecule has 0 saturated carbocycles. The Hall–Kier alpha value is -4.03. The molecular weight excluding hydrogens is 476 g/mol. The first-order chi connectivity index (χ1) is 15.6. The minimum absolute atomic E-state index is 0.0988. The number of para-hydroxylation sites is 1. The maximum Gasteiger partial charge on any atom is 0.289 e. The predicted molar refractivity (Wildman–Crippen MR) is 121 cm³/mol. The van der Waals surface area contributed by atoms with Crippen LogP contribution in [0.3, 0.4) is 0 Å². The third-order valence-corrected chi connectivity index (χ3v) is 6.46. The summed E-state index contributed by atoms with van der Waals surface area (Å²) >= 11 is 5.79. The van der Waals surface area contributed by atoms with Gasteiger partial charge in [0.2, 0.25) is 5.91 Å². The lowest BCUT2D eigenvalue weighted by molar-refractivity contribution is -0.385. The maximum absolute atomic E-state index is 13.3. The van der Waals surface area contributed by atoms with Crippen molar-refractivity contribution in [3.63, 3.8) is 0 Å². The number of carbonyl (C=O) groups is 1. The lowest BCUT2D eigenvalue weighted by Gasteiger charge is -2.24. The first-order valence-corrected chi connectivity index (χ1v) is 11.0. The number of sulfonamides is 1. The van der Waals surface area contributed by atoms with Crippen molar-refractivity contribution in [2.75, 3.05) is 16.2 Å². The summed E-state index contributed by atoms with van der Waals surface area (Å²) in [6.07, 6.45) is 0. The molecular formula is C20H15ClN4O7S. The van der Waals surface area contributed by atoms with Crippen LogP contribution in [0.2, 0.25) is 5.02 Å². The lowest BCUT2D eigenvalue weighted by Crippen LogP contribution is -2.38. The molecule has 33 heavy (non-hydrogen) atoms. The first-order valence-electron chi connectivity index (χ1n) is 9.15. The van der Waals surface area contributed by atoms with Gasteiger partial charge in [-0.2, -0.15) is 0 Å². The SMILES string of the molecule is O=C(CN(c1ccccc1)S(=O)(=O)c1ccc(Cl)c([N+](=O)[O-])c1)Nc1cccc([N+](=O)[O-])c1. The van der Waals surface area contributed by atoms with Crippen LogP contribution >= 0.6 is 11.6 Å². The molecule has 0 aliphatic carbocycles. The van der Waals surface area contributed by atoms with Crippen LogP contribution in [-0.4, -0.2) is 30.7 Å². The van der Waals surface area contributed by atoms with Crippen LogP contribution in [0.25, 0.3) is 0 Å². The number of halogens is 1. The number of nitrogens with zero attached hydrogens (tertiary/aromatic N) is 3. The molecule has 3 rings (SSSR count). The van der Waals surface area contributed by atoms with Gasteiger partial charge >= 0.3 is 0 Å². The average molecular weight is 491 g/mol. The Morgan fingerprint density at radius 1 is 0.939 bits per heavy atom. The second kappa shape index (κ2) is 9.63. The van der Waals surface area contributed by atoms with Crippen LogP contribution in [0.5, 0.6) is 0 Å². The van der Waals surface area contributed by atoms with Crippen molar-refractivity contribution in [3.8, 4) is 0 Å². The Labute approximate surface area is 192 Å². The zero-order valence-electron chi connectivity index (χ0n) is 16.6. The van der Waals surface area contributed by atoms with Crippen molar-refractivity contribution >= 4 is 50.3 Å². The summed E-state index contributed by atoms with van der Waals surface area (Å²) in [5, 5.41) is 24.3. The topological polar surface area (TPSA) is 153 Å². The van der Waals surface area contributed by atoms with E-state index < -0.39 is 42.9 Å². The molecule has 1 amide bonds. The molecule has 0 aromatic heterocycles. The van der Waals surface area contributed by atoms with Gasteiger partial charge in [0.25, 0.3) is 21.4 Å². The minimum atomic E-state index is -4.43. The monoisotopic (exact) mass is 490 g/mol.